The first kappa shape index (κ1) is 19.1. The van der Waals surface area contributed by atoms with Crippen molar-refractivity contribution in [2.24, 2.45) is 0 Å². The number of rotatable bonds is 5. The van der Waals surface area contributed by atoms with E-state index < -0.39 is 12.6 Å². The van der Waals surface area contributed by atoms with E-state index in [9.17, 15) is 14.7 Å². The van der Waals surface area contributed by atoms with Crippen LogP contribution >= 0.6 is 22.9 Å². The van der Waals surface area contributed by atoms with Crippen LogP contribution in [0.5, 0.6) is 5.75 Å². The van der Waals surface area contributed by atoms with Crippen LogP contribution in [0.15, 0.2) is 42.5 Å². The predicted octanol–water partition coefficient (Wildman–Crippen LogP) is 4.03. The summed E-state index contributed by atoms with van der Waals surface area (Å²) in [4.78, 5) is 30.5. The Kier molecular flexibility index (Phi) is 5.62. The highest BCUT2D eigenvalue weighted by atomic mass is 35.5. The minimum atomic E-state index is -0.815. The van der Waals surface area contributed by atoms with Crippen LogP contribution in [0.3, 0.4) is 0 Å². The molecule has 0 aliphatic heterocycles. The molecule has 0 saturated carbocycles. The molecule has 3 aromatic rings. The second-order valence-corrected chi connectivity index (χ2v) is 7.44. The maximum absolute atomic E-state index is 12.4. The lowest BCUT2D eigenvalue weighted by Gasteiger charge is -2.23. The number of nitrogens with zero attached hydrogens (tertiary/aromatic N) is 2. The molecule has 1 aromatic heterocycles. The van der Waals surface area contributed by atoms with Gasteiger partial charge in [0.2, 0.25) is 0 Å². The SMILES string of the molecule is C[C@H](c1nc2ccccc2s1)N(C)C(=O)COC(=O)c1cc(Cl)ccc1O. The molecule has 2 aromatic carbocycles. The average Bonchev–Trinajstić information content (AvgIpc) is 3.10. The smallest absolute Gasteiger partial charge is 0.342 e. The molecule has 0 saturated heterocycles. The normalized spacial score (nSPS) is 12.0. The van der Waals surface area contributed by atoms with Gasteiger partial charge in [-0.3, -0.25) is 4.79 Å². The third-order valence-corrected chi connectivity index (χ3v) is 5.59. The minimum Gasteiger partial charge on any atom is -0.507 e. The number of thiazole rings is 1. The zero-order valence-corrected chi connectivity index (χ0v) is 16.3. The molecule has 1 N–H and O–H groups in total. The van der Waals surface area contributed by atoms with Crippen molar-refractivity contribution >= 4 is 45.0 Å². The van der Waals surface area contributed by atoms with Crippen molar-refractivity contribution in [3.8, 4) is 5.75 Å². The van der Waals surface area contributed by atoms with Gasteiger partial charge in [-0.1, -0.05) is 23.7 Å². The maximum Gasteiger partial charge on any atom is 0.342 e. The number of phenols is 1. The fourth-order valence-electron chi connectivity index (χ4n) is 2.43. The van der Waals surface area contributed by atoms with Gasteiger partial charge in [-0.05, 0) is 37.3 Å². The van der Waals surface area contributed by atoms with E-state index in [4.69, 9.17) is 16.3 Å². The number of likely N-dealkylation sites (N-methyl/N-ethyl adjacent to an activating group) is 1. The molecule has 8 heteroatoms. The molecule has 140 valence electrons. The van der Waals surface area contributed by atoms with Crippen LogP contribution < -0.4 is 0 Å². The highest BCUT2D eigenvalue weighted by Gasteiger charge is 2.22. The quantitative estimate of drug-likeness (QED) is 0.649. The summed E-state index contributed by atoms with van der Waals surface area (Å²) >= 11 is 7.33. The highest BCUT2D eigenvalue weighted by molar-refractivity contribution is 7.18. The van der Waals surface area contributed by atoms with E-state index in [-0.39, 0.29) is 28.3 Å². The number of amides is 1. The summed E-state index contributed by atoms with van der Waals surface area (Å²) in [5.74, 6) is -1.45. The topological polar surface area (TPSA) is 79.7 Å². The second-order valence-electron chi connectivity index (χ2n) is 5.94. The van der Waals surface area contributed by atoms with E-state index in [1.807, 2.05) is 31.2 Å². The highest BCUT2D eigenvalue weighted by Crippen LogP contribution is 2.29. The lowest BCUT2D eigenvalue weighted by atomic mass is 10.2. The van der Waals surface area contributed by atoms with E-state index in [0.717, 1.165) is 15.2 Å². The van der Waals surface area contributed by atoms with Gasteiger partial charge in [0, 0.05) is 12.1 Å². The van der Waals surface area contributed by atoms with E-state index in [0.29, 0.717) is 0 Å². The first-order valence-electron chi connectivity index (χ1n) is 8.13. The Morgan fingerprint density at radius 2 is 2.04 bits per heavy atom. The number of ether oxygens (including phenoxy) is 1. The fraction of sp³-hybridized carbons (Fsp3) is 0.211. The summed E-state index contributed by atoms with van der Waals surface area (Å²) in [5, 5.41) is 10.8. The van der Waals surface area contributed by atoms with Gasteiger partial charge in [0.05, 0.1) is 16.3 Å². The first-order valence-corrected chi connectivity index (χ1v) is 9.33. The monoisotopic (exact) mass is 404 g/mol. The number of aromatic hydroxyl groups is 1. The molecule has 1 atom stereocenters. The van der Waals surface area contributed by atoms with Crippen LogP contribution in [-0.4, -0.2) is 40.5 Å². The predicted molar refractivity (Wildman–Crippen MR) is 104 cm³/mol. The summed E-state index contributed by atoms with van der Waals surface area (Å²) in [6.45, 7) is 1.41. The van der Waals surface area contributed by atoms with E-state index in [1.54, 1.807) is 7.05 Å². The maximum atomic E-state index is 12.4. The van der Waals surface area contributed by atoms with Crippen molar-refractivity contribution in [2.45, 2.75) is 13.0 Å². The van der Waals surface area contributed by atoms with Gasteiger partial charge in [-0.15, -0.1) is 11.3 Å². The second kappa shape index (κ2) is 7.94. The Labute approximate surface area is 165 Å². The summed E-state index contributed by atoms with van der Waals surface area (Å²) < 4.78 is 6.07. The molecule has 0 radical (unpaired) electrons. The molecule has 6 nitrogen and oxygen atoms in total. The third kappa shape index (κ3) is 4.20. The molecule has 0 aliphatic carbocycles. The molecule has 3 rings (SSSR count). The van der Waals surface area contributed by atoms with Gasteiger partial charge < -0.3 is 14.7 Å². The van der Waals surface area contributed by atoms with Crippen molar-refractivity contribution in [1.82, 2.24) is 9.88 Å². The number of halogens is 1. The standard InChI is InChI=1S/C19H17ClN2O4S/c1-11(18-21-14-5-3-4-6-16(14)27-18)22(2)17(24)10-26-19(25)13-9-12(20)7-8-15(13)23/h3-9,11,23H,10H2,1-2H3/t11-/m1/s1. The Hall–Kier alpha value is -2.64. The Bertz CT molecular complexity index is 971. The number of hydrogen-bond acceptors (Lipinski definition) is 6. The molecule has 0 fully saturated rings. The summed E-state index contributed by atoms with van der Waals surface area (Å²) in [6, 6.07) is 11.5. The Balaban J connectivity index is 1.64. The van der Waals surface area contributed by atoms with Crippen molar-refractivity contribution < 1.29 is 19.4 Å². The van der Waals surface area contributed by atoms with E-state index >= 15 is 0 Å². The van der Waals surface area contributed by atoms with Crippen molar-refractivity contribution in [3.63, 3.8) is 0 Å². The lowest BCUT2D eigenvalue weighted by molar-refractivity contribution is -0.135. The molecule has 0 spiro atoms. The van der Waals surface area contributed by atoms with Gasteiger partial charge in [0.1, 0.15) is 16.3 Å². The number of esters is 1. The molecule has 1 amide bonds. The number of para-hydroxylation sites is 1. The van der Waals surface area contributed by atoms with Crippen LogP contribution in [0.2, 0.25) is 5.02 Å². The number of aromatic nitrogens is 1. The molecule has 0 aliphatic rings. The van der Waals surface area contributed by atoms with Crippen molar-refractivity contribution in [3.05, 3.63) is 58.1 Å². The molecular formula is C19H17ClN2O4S. The van der Waals surface area contributed by atoms with E-state index in [1.165, 1.54) is 34.4 Å². The summed E-state index contributed by atoms with van der Waals surface area (Å²) in [6.07, 6.45) is 0. The van der Waals surface area contributed by atoms with Crippen LogP contribution in [0.1, 0.15) is 28.3 Å². The number of benzene rings is 2. The Morgan fingerprint density at radius 1 is 1.30 bits per heavy atom. The summed E-state index contributed by atoms with van der Waals surface area (Å²) in [5.41, 5.74) is 0.797. The zero-order valence-electron chi connectivity index (χ0n) is 14.7. The average molecular weight is 405 g/mol. The van der Waals surface area contributed by atoms with Crippen LogP contribution in [0.4, 0.5) is 0 Å². The number of fused-ring (bicyclic) bond motifs is 1. The number of hydrogen-bond donors (Lipinski definition) is 1. The Morgan fingerprint density at radius 3 is 2.78 bits per heavy atom. The molecular weight excluding hydrogens is 388 g/mol. The first-order chi connectivity index (χ1) is 12.9. The van der Waals surface area contributed by atoms with Gasteiger partial charge in [-0.2, -0.15) is 0 Å². The van der Waals surface area contributed by atoms with Crippen LogP contribution in [0.25, 0.3) is 10.2 Å². The van der Waals surface area contributed by atoms with Crippen molar-refractivity contribution in [1.29, 1.82) is 0 Å². The number of phenolic OH excluding ortho intramolecular Hbond substituents is 1. The van der Waals surface area contributed by atoms with Gasteiger partial charge >= 0.3 is 5.97 Å². The molecule has 0 unspecified atom stereocenters. The zero-order chi connectivity index (χ0) is 19.6. The summed E-state index contributed by atoms with van der Waals surface area (Å²) in [7, 11) is 1.63. The van der Waals surface area contributed by atoms with E-state index in [2.05, 4.69) is 4.98 Å². The fourth-order valence-corrected chi connectivity index (χ4v) is 3.66. The molecule has 27 heavy (non-hydrogen) atoms. The van der Waals surface area contributed by atoms with Gasteiger partial charge in [0.15, 0.2) is 6.61 Å². The molecule has 1 heterocycles. The molecule has 0 bridgehead atoms. The minimum absolute atomic E-state index is 0.0859. The van der Waals surface area contributed by atoms with Gasteiger partial charge in [0.25, 0.3) is 5.91 Å². The van der Waals surface area contributed by atoms with Crippen LogP contribution in [0, 0.1) is 0 Å². The largest absolute Gasteiger partial charge is 0.507 e. The number of carbonyl (C=O) groups excluding carboxylic acids is 2. The van der Waals surface area contributed by atoms with Crippen molar-refractivity contribution in [2.75, 3.05) is 13.7 Å². The third-order valence-electron chi connectivity index (χ3n) is 4.15. The van der Waals surface area contributed by atoms with Gasteiger partial charge in [-0.25, -0.2) is 9.78 Å². The lowest BCUT2D eigenvalue weighted by Crippen LogP contribution is -2.33. The number of carbonyl (C=O) groups is 2. The van der Waals surface area contributed by atoms with Crippen LogP contribution in [-0.2, 0) is 9.53 Å².